The fourth-order valence-corrected chi connectivity index (χ4v) is 3.96. The van der Waals surface area contributed by atoms with Crippen LogP contribution in [0.1, 0.15) is 10.4 Å². The molecule has 0 aliphatic heterocycles. The van der Waals surface area contributed by atoms with Crippen LogP contribution in [0.3, 0.4) is 0 Å². The standard InChI is InChI=1S/C23H17FN2O2S/c1-2-15-26-21-19(24)9-6-10-20(21)29-23(26)25-22(27)16-11-13-18(14-12-16)28-17-7-4-3-5-8-17/h2-14H,1,15H2. The molecule has 4 rings (SSSR count). The summed E-state index contributed by atoms with van der Waals surface area (Å²) in [6, 6.07) is 21.0. The molecule has 0 radical (unpaired) electrons. The lowest BCUT2D eigenvalue weighted by Crippen LogP contribution is -2.16. The zero-order chi connectivity index (χ0) is 20.2. The minimum absolute atomic E-state index is 0.350. The Bertz CT molecular complexity index is 1240. The van der Waals surface area contributed by atoms with E-state index in [0.717, 1.165) is 4.70 Å². The highest BCUT2D eigenvalue weighted by molar-refractivity contribution is 7.16. The molecule has 3 aromatic carbocycles. The number of ether oxygens (including phenoxy) is 1. The molecule has 0 bridgehead atoms. The Morgan fingerprint density at radius 3 is 2.48 bits per heavy atom. The molecule has 1 aromatic heterocycles. The molecule has 1 heterocycles. The minimum Gasteiger partial charge on any atom is -0.457 e. The first-order valence-electron chi connectivity index (χ1n) is 8.96. The average molecular weight is 404 g/mol. The molecule has 4 nitrogen and oxygen atoms in total. The van der Waals surface area contributed by atoms with Gasteiger partial charge in [-0.2, -0.15) is 4.99 Å². The van der Waals surface area contributed by atoms with E-state index in [4.69, 9.17) is 4.74 Å². The van der Waals surface area contributed by atoms with Gasteiger partial charge in [-0.05, 0) is 48.5 Å². The lowest BCUT2D eigenvalue weighted by atomic mass is 10.2. The first-order chi connectivity index (χ1) is 14.2. The average Bonchev–Trinajstić information content (AvgIpc) is 3.08. The van der Waals surface area contributed by atoms with Gasteiger partial charge in [0.2, 0.25) is 0 Å². The molecule has 6 heteroatoms. The lowest BCUT2D eigenvalue weighted by molar-refractivity contribution is 0.0998. The highest BCUT2D eigenvalue weighted by Gasteiger charge is 2.12. The number of carbonyl (C=O) groups is 1. The monoisotopic (exact) mass is 404 g/mol. The third-order valence-corrected chi connectivity index (χ3v) is 5.28. The number of benzene rings is 3. The molecule has 0 spiro atoms. The number of aromatic nitrogens is 1. The van der Waals surface area contributed by atoms with E-state index in [0.29, 0.717) is 33.9 Å². The summed E-state index contributed by atoms with van der Waals surface area (Å²) in [6.45, 7) is 4.07. The molecule has 144 valence electrons. The first kappa shape index (κ1) is 18.8. The summed E-state index contributed by atoms with van der Waals surface area (Å²) in [5, 5.41) is 0. The van der Waals surface area contributed by atoms with Gasteiger partial charge in [-0.3, -0.25) is 4.79 Å². The van der Waals surface area contributed by atoms with Crippen molar-refractivity contribution in [2.45, 2.75) is 6.54 Å². The number of halogens is 1. The molecule has 1 amide bonds. The zero-order valence-corrected chi connectivity index (χ0v) is 16.2. The lowest BCUT2D eigenvalue weighted by Gasteiger charge is -2.05. The smallest absolute Gasteiger partial charge is 0.279 e. The summed E-state index contributed by atoms with van der Waals surface area (Å²) in [4.78, 5) is 17.3. The van der Waals surface area contributed by atoms with E-state index in [2.05, 4.69) is 11.6 Å². The maximum atomic E-state index is 14.3. The summed E-state index contributed by atoms with van der Waals surface area (Å²) >= 11 is 1.27. The normalized spacial score (nSPS) is 11.6. The molecule has 29 heavy (non-hydrogen) atoms. The molecular formula is C23H17FN2O2S. The third kappa shape index (κ3) is 4.02. The van der Waals surface area contributed by atoms with Crippen LogP contribution < -0.4 is 9.54 Å². The summed E-state index contributed by atoms with van der Waals surface area (Å²) in [6.07, 6.45) is 1.65. The minimum atomic E-state index is -0.402. The van der Waals surface area contributed by atoms with Crippen molar-refractivity contribution in [2.75, 3.05) is 0 Å². The van der Waals surface area contributed by atoms with Crippen molar-refractivity contribution in [1.82, 2.24) is 4.57 Å². The quantitative estimate of drug-likeness (QED) is 0.409. The molecule has 0 N–H and O–H groups in total. The van der Waals surface area contributed by atoms with Crippen LogP contribution in [0.4, 0.5) is 4.39 Å². The van der Waals surface area contributed by atoms with Gasteiger partial charge in [0.05, 0.1) is 10.2 Å². The highest BCUT2D eigenvalue weighted by atomic mass is 32.1. The van der Waals surface area contributed by atoms with Crippen molar-refractivity contribution in [3.05, 3.63) is 102 Å². The van der Waals surface area contributed by atoms with E-state index in [1.807, 2.05) is 36.4 Å². The molecule has 0 saturated heterocycles. The van der Waals surface area contributed by atoms with Crippen molar-refractivity contribution in [2.24, 2.45) is 4.99 Å². The van der Waals surface area contributed by atoms with Crippen LogP contribution in [0.2, 0.25) is 0 Å². The number of hydrogen-bond acceptors (Lipinski definition) is 3. The summed E-state index contributed by atoms with van der Waals surface area (Å²) in [5.74, 6) is 0.588. The van der Waals surface area contributed by atoms with Crippen LogP contribution in [-0.2, 0) is 6.54 Å². The second-order valence-electron chi connectivity index (χ2n) is 6.23. The highest BCUT2D eigenvalue weighted by Crippen LogP contribution is 2.22. The van der Waals surface area contributed by atoms with E-state index in [1.54, 1.807) is 41.0 Å². The fraction of sp³-hybridized carbons (Fsp3) is 0.0435. The molecule has 0 unspecified atom stereocenters. The number of allylic oxidation sites excluding steroid dienone is 1. The van der Waals surface area contributed by atoms with E-state index in [1.165, 1.54) is 17.4 Å². The van der Waals surface area contributed by atoms with Crippen LogP contribution in [0.15, 0.2) is 90.4 Å². The van der Waals surface area contributed by atoms with Gasteiger partial charge in [-0.15, -0.1) is 6.58 Å². The van der Waals surface area contributed by atoms with E-state index < -0.39 is 5.91 Å². The Kier molecular flexibility index (Phi) is 5.35. The van der Waals surface area contributed by atoms with Crippen LogP contribution in [-0.4, -0.2) is 10.5 Å². The van der Waals surface area contributed by atoms with Crippen LogP contribution >= 0.6 is 11.3 Å². The van der Waals surface area contributed by atoms with Crippen molar-refractivity contribution in [3.63, 3.8) is 0 Å². The van der Waals surface area contributed by atoms with Crippen molar-refractivity contribution in [1.29, 1.82) is 0 Å². The second-order valence-corrected chi connectivity index (χ2v) is 7.24. The second kappa shape index (κ2) is 8.24. The van der Waals surface area contributed by atoms with Gasteiger partial charge < -0.3 is 9.30 Å². The molecule has 4 aromatic rings. The maximum absolute atomic E-state index is 14.3. The van der Waals surface area contributed by atoms with Crippen LogP contribution in [0, 0.1) is 5.82 Å². The SMILES string of the molecule is C=CCn1c(=NC(=O)c2ccc(Oc3ccccc3)cc2)sc2cccc(F)c21. The van der Waals surface area contributed by atoms with E-state index >= 15 is 0 Å². The molecule has 0 fully saturated rings. The molecule has 0 aliphatic carbocycles. The number of amides is 1. The Morgan fingerprint density at radius 2 is 1.76 bits per heavy atom. The summed E-state index contributed by atoms with van der Waals surface area (Å²) in [7, 11) is 0. The topological polar surface area (TPSA) is 43.6 Å². The molecule has 0 atom stereocenters. The van der Waals surface area contributed by atoms with Gasteiger partial charge in [0.25, 0.3) is 5.91 Å². The van der Waals surface area contributed by atoms with Crippen molar-refractivity contribution < 1.29 is 13.9 Å². The van der Waals surface area contributed by atoms with Gasteiger partial charge in [0.15, 0.2) is 4.80 Å². The number of fused-ring (bicyclic) bond motifs is 1. The van der Waals surface area contributed by atoms with E-state index in [-0.39, 0.29) is 5.82 Å². The maximum Gasteiger partial charge on any atom is 0.279 e. The van der Waals surface area contributed by atoms with Gasteiger partial charge in [-0.1, -0.05) is 41.7 Å². The van der Waals surface area contributed by atoms with Crippen molar-refractivity contribution >= 4 is 27.5 Å². The van der Waals surface area contributed by atoms with Gasteiger partial charge in [0.1, 0.15) is 17.3 Å². The van der Waals surface area contributed by atoms with Crippen LogP contribution in [0.5, 0.6) is 11.5 Å². The summed E-state index contributed by atoms with van der Waals surface area (Å²) < 4.78 is 22.4. The Morgan fingerprint density at radius 1 is 1.03 bits per heavy atom. The predicted molar refractivity (Wildman–Crippen MR) is 113 cm³/mol. The Labute approximate surface area is 170 Å². The third-order valence-electron chi connectivity index (χ3n) is 4.24. The number of nitrogens with zero attached hydrogens (tertiary/aromatic N) is 2. The number of para-hydroxylation sites is 2. The molecular weight excluding hydrogens is 387 g/mol. The first-order valence-corrected chi connectivity index (χ1v) is 9.78. The Balaban J connectivity index is 1.65. The molecule has 0 saturated carbocycles. The van der Waals surface area contributed by atoms with Gasteiger partial charge >= 0.3 is 0 Å². The Hall–Kier alpha value is -3.51. The van der Waals surface area contributed by atoms with Crippen molar-refractivity contribution in [3.8, 4) is 11.5 Å². The van der Waals surface area contributed by atoms with Crippen LogP contribution in [0.25, 0.3) is 10.2 Å². The predicted octanol–water partition coefficient (Wildman–Crippen LogP) is 5.56. The largest absolute Gasteiger partial charge is 0.457 e. The zero-order valence-electron chi connectivity index (χ0n) is 15.4. The fourth-order valence-electron chi connectivity index (χ4n) is 2.91. The molecule has 0 aliphatic rings. The van der Waals surface area contributed by atoms with E-state index in [9.17, 15) is 9.18 Å². The summed E-state index contributed by atoms with van der Waals surface area (Å²) in [5.41, 5.74) is 0.851. The van der Waals surface area contributed by atoms with Gasteiger partial charge in [-0.25, -0.2) is 4.39 Å². The number of thiazole rings is 1. The number of rotatable bonds is 5. The number of carbonyl (C=O) groups excluding carboxylic acids is 1. The van der Waals surface area contributed by atoms with Gasteiger partial charge in [0, 0.05) is 12.1 Å². The number of hydrogen-bond donors (Lipinski definition) is 0.